The third-order valence-electron chi connectivity index (χ3n) is 9.27. The molecule has 0 amide bonds. The lowest BCUT2D eigenvalue weighted by atomic mass is 9.69. The summed E-state index contributed by atoms with van der Waals surface area (Å²) in [5, 5.41) is 18.9. The lowest BCUT2D eigenvalue weighted by Crippen LogP contribution is -2.32. The summed E-state index contributed by atoms with van der Waals surface area (Å²) in [7, 11) is 0. The van der Waals surface area contributed by atoms with Gasteiger partial charge in [0.1, 0.15) is 23.5 Å². The zero-order valence-electron chi connectivity index (χ0n) is 27.3. The van der Waals surface area contributed by atoms with Gasteiger partial charge in [-0.15, -0.1) is 0 Å². The van der Waals surface area contributed by atoms with Gasteiger partial charge < -0.3 is 14.2 Å². The minimum Gasteiger partial charge on any atom is -0.465 e. The van der Waals surface area contributed by atoms with Crippen molar-refractivity contribution in [3.8, 4) is 17.9 Å². The van der Waals surface area contributed by atoms with Crippen molar-refractivity contribution in [3.63, 3.8) is 0 Å². The Morgan fingerprint density at radius 2 is 1.39 bits per heavy atom. The van der Waals surface area contributed by atoms with Crippen molar-refractivity contribution in [1.82, 2.24) is 0 Å². The van der Waals surface area contributed by atoms with Crippen LogP contribution in [0.25, 0.3) is 0 Å². The monoisotopic (exact) mass is 664 g/mol. The molecule has 2 aliphatic carbocycles. The molecule has 1 aromatic carbocycles. The van der Waals surface area contributed by atoms with E-state index in [1.54, 1.807) is 0 Å². The summed E-state index contributed by atoms with van der Waals surface area (Å²) in [5.74, 6) is 0.662. The third kappa shape index (κ3) is 8.77. The Kier molecular flexibility index (Phi) is 12.4. The standard InChI is InChI=1S/C36H44N2O6S2/c1-6-29(39)42-17-7-8-18-43-33(40)25-13-9-23(10-14-25)24-11-15-26(16-12-24)34(41)44-30-28(36(3,4)5)19-22(2)31-32(30)46-35(45-31)27(20-37)21-38/h6,19,23-26H,1,7-18H2,2-5H3. The van der Waals surface area contributed by atoms with Gasteiger partial charge in [-0.25, -0.2) is 4.79 Å². The van der Waals surface area contributed by atoms with Crippen LogP contribution >= 0.6 is 23.5 Å². The van der Waals surface area contributed by atoms with Gasteiger partial charge in [-0.05, 0) is 93.9 Å². The van der Waals surface area contributed by atoms with Crippen LogP contribution in [-0.4, -0.2) is 31.1 Å². The van der Waals surface area contributed by atoms with Crippen molar-refractivity contribution >= 4 is 41.4 Å². The van der Waals surface area contributed by atoms with Crippen molar-refractivity contribution in [2.45, 2.75) is 107 Å². The fourth-order valence-corrected chi connectivity index (χ4v) is 9.20. The normalized spacial score (nSPS) is 22.5. The van der Waals surface area contributed by atoms with Gasteiger partial charge in [-0.1, -0.05) is 56.9 Å². The second-order valence-corrected chi connectivity index (χ2v) is 15.8. The quantitative estimate of drug-likeness (QED) is 0.0792. The maximum absolute atomic E-state index is 13.6. The summed E-state index contributed by atoms with van der Waals surface area (Å²) in [6.45, 7) is 12.3. The number of thioether (sulfide) groups is 2. The largest absolute Gasteiger partial charge is 0.465 e. The van der Waals surface area contributed by atoms with E-state index >= 15 is 0 Å². The topological polar surface area (TPSA) is 126 Å². The second kappa shape index (κ2) is 16.1. The summed E-state index contributed by atoms with van der Waals surface area (Å²) < 4.78 is 17.3. The first-order valence-corrected chi connectivity index (χ1v) is 17.9. The molecule has 3 aliphatic rings. The molecule has 0 atom stereocenters. The molecule has 46 heavy (non-hydrogen) atoms. The number of unbranched alkanes of at least 4 members (excludes halogenated alkanes) is 1. The number of nitrogens with zero attached hydrogens (tertiary/aromatic N) is 2. The van der Waals surface area contributed by atoms with E-state index in [2.05, 4.69) is 33.4 Å². The minimum atomic E-state index is -0.443. The van der Waals surface area contributed by atoms with E-state index < -0.39 is 5.97 Å². The smallest absolute Gasteiger partial charge is 0.330 e. The van der Waals surface area contributed by atoms with Gasteiger partial charge in [0.05, 0.1) is 34.2 Å². The van der Waals surface area contributed by atoms with Crippen LogP contribution in [0, 0.1) is 53.3 Å². The molecule has 8 nitrogen and oxygen atoms in total. The van der Waals surface area contributed by atoms with E-state index in [0.29, 0.717) is 47.9 Å². The van der Waals surface area contributed by atoms with Crippen LogP contribution in [0.2, 0.25) is 0 Å². The highest BCUT2D eigenvalue weighted by Crippen LogP contribution is 2.59. The molecule has 1 aliphatic heterocycles. The third-order valence-corrected chi connectivity index (χ3v) is 12.0. The van der Waals surface area contributed by atoms with E-state index in [1.807, 2.05) is 19.1 Å². The second-order valence-electron chi connectivity index (χ2n) is 13.5. The van der Waals surface area contributed by atoms with Gasteiger partial charge in [0.2, 0.25) is 0 Å². The number of rotatable bonds is 10. The average Bonchev–Trinajstić information content (AvgIpc) is 3.50. The molecule has 1 aromatic rings. The first-order valence-electron chi connectivity index (χ1n) is 16.2. The Bertz CT molecular complexity index is 1430. The van der Waals surface area contributed by atoms with E-state index in [0.717, 1.165) is 78.4 Å². The SMILES string of the molecule is C=CC(=O)OCCCCOC(=O)C1CCC(C2CCC(C(=O)Oc3c(C(C)(C)C)cc(C)c4c3SC(=C(C#N)C#N)S4)CC2)CC1. The number of allylic oxidation sites excluding steroid dienone is 1. The molecule has 2 saturated carbocycles. The molecule has 0 N–H and O–H groups in total. The van der Waals surface area contributed by atoms with Gasteiger partial charge in [-0.2, -0.15) is 10.5 Å². The predicted molar refractivity (Wildman–Crippen MR) is 178 cm³/mol. The molecule has 10 heteroatoms. The molecule has 0 spiro atoms. The number of esters is 3. The van der Waals surface area contributed by atoms with Gasteiger partial charge >= 0.3 is 17.9 Å². The van der Waals surface area contributed by atoms with Crippen LogP contribution in [0.3, 0.4) is 0 Å². The molecule has 0 aromatic heterocycles. The first-order chi connectivity index (χ1) is 22.0. The van der Waals surface area contributed by atoms with Crippen molar-refractivity contribution in [3.05, 3.63) is 39.7 Å². The number of aryl methyl sites for hydroxylation is 1. The molecule has 246 valence electrons. The Morgan fingerprint density at radius 1 is 0.870 bits per heavy atom. The molecule has 2 fully saturated rings. The van der Waals surface area contributed by atoms with Crippen LogP contribution < -0.4 is 4.74 Å². The Morgan fingerprint density at radius 3 is 1.91 bits per heavy atom. The average molecular weight is 665 g/mol. The van der Waals surface area contributed by atoms with Gasteiger partial charge in [-0.3, -0.25) is 9.59 Å². The zero-order chi connectivity index (χ0) is 33.4. The Balaban J connectivity index is 1.28. The fraction of sp³-hybridized carbons (Fsp3) is 0.583. The van der Waals surface area contributed by atoms with E-state index in [-0.39, 0.29) is 34.8 Å². The zero-order valence-corrected chi connectivity index (χ0v) is 28.9. The van der Waals surface area contributed by atoms with Gasteiger partial charge in [0.25, 0.3) is 0 Å². The van der Waals surface area contributed by atoms with Crippen LogP contribution in [0.5, 0.6) is 5.75 Å². The first kappa shape index (κ1) is 35.6. The van der Waals surface area contributed by atoms with E-state index in [1.165, 1.54) is 23.5 Å². The van der Waals surface area contributed by atoms with Crippen LogP contribution in [-0.2, 0) is 29.3 Å². The fourth-order valence-electron chi connectivity index (χ4n) is 6.62. The Hall–Kier alpha value is -3.21. The lowest BCUT2D eigenvalue weighted by molar-refractivity contribution is -0.151. The number of nitriles is 2. The molecular weight excluding hydrogens is 621 g/mol. The molecule has 0 radical (unpaired) electrons. The molecular formula is C36H44N2O6S2. The number of fused-ring (bicyclic) bond motifs is 1. The van der Waals surface area contributed by atoms with Crippen molar-refractivity contribution in [2.24, 2.45) is 23.7 Å². The maximum Gasteiger partial charge on any atom is 0.330 e. The van der Waals surface area contributed by atoms with Crippen LogP contribution in [0.4, 0.5) is 0 Å². The number of ether oxygens (including phenoxy) is 3. The molecule has 0 unspecified atom stereocenters. The molecule has 0 saturated heterocycles. The van der Waals surface area contributed by atoms with Crippen molar-refractivity contribution in [2.75, 3.05) is 13.2 Å². The molecule has 0 bridgehead atoms. The van der Waals surface area contributed by atoms with Crippen LogP contribution in [0.15, 0.2) is 38.3 Å². The number of hydrogen-bond donors (Lipinski definition) is 0. The van der Waals surface area contributed by atoms with Crippen molar-refractivity contribution in [1.29, 1.82) is 10.5 Å². The maximum atomic E-state index is 13.6. The summed E-state index contributed by atoms with van der Waals surface area (Å²) in [4.78, 5) is 39.0. The van der Waals surface area contributed by atoms with E-state index in [9.17, 15) is 24.9 Å². The van der Waals surface area contributed by atoms with Gasteiger partial charge in [0, 0.05) is 16.5 Å². The minimum absolute atomic E-state index is 0.0572. The number of hydrogen-bond acceptors (Lipinski definition) is 10. The summed E-state index contributed by atoms with van der Waals surface area (Å²) in [6, 6.07) is 6.06. The predicted octanol–water partition coefficient (Wildman–Crippen LogP) is 8.32. The highest BCUT2D eigenvalue weighted by molar-refractivity contribution is 8.24. The summed E-state index contributed by atoms with van der Waals surface area (Å²) in [6.07, 6.45) is 9.61. The molecule has 1 heterocycles. The highest BCUT2D eigenvalue weighted by atomic mass is 32.2. The highest BCUT2D eigenvalue weighted by Gasteiger charge is 2.37. The van der Waals surface area contributed by atoms with Crippen LogP contribution in [0.1, 0.15) is 96.1 Å². The van der Waals surface area contributed by atoms with Gasteiger partial charge in [0.15, 0.2) is 0 Å². The van der Waals surface area contributed by atoms with Crippen molar-refractivity contribution < 1.29 is 28.6 Å². The number of carbonyl (C=O) groups is 3. The number of carbonyl (C=O) groups excluding carboxylic acids is 3. The summed E-state index contributed by atoms with van der Waals surface area (Å²) in [5.41, 5.74) is 1.78. The molecule has 4 rings (SSSR count). The van der Waals surface area contributed by atoms with E-state index in [4.69, 9.17) is 14.2 Å². The number of benzene rings is 1. The summed E-state index contributed by atoms with van der Waals surface area (Å²) >= 11 is 2.75. The lowest BCUT2D eigenvalue weighted by Gasteiger charge is -2.37. The Labute approximate surface area is 281 Å².